The third-order valence-electron chi connectivity index (χ3n) is 7.15. The summed E-state index contributed by atoms with van der Waals surface area (Å²) in [5, 5.41) is 15.7. The summed E-state index contributed by atoms with van der Waals surface area (Å²) in [4.78, 5) is 29.0. The van der Waals surface area contributed by atoms with E-state index in [1.54, 1.807) is 0 Å². The van der Waals surface area contributed by atoms with Gasteiger partial charge in [-0.3, -0.25) is 4.79 Å². The highest BCUT2D eigenvalue weighted by molar-refractivity contribution is 5.85. The summed E-state index contributed by atoms with van der Waals surface area (Å²) in [6.45, 7) is 1.01. The van der Waals surface area contributed by atoms with Crippen molar-refractivity contribution in [1.82, 2.24) is 10.3 Å². The van der Waals surface area contributed by atoms with E-state index in [1.165, 1.54) is 12.0 Å². The molecule has 2 saturated heterocycles. The van der Waals surface area contributed by atoms with Crippen molar-refractivity contribution in [1.29, 1.82) is 0 Å². The number of hydrogen-bond donors (Lipinski definition) is 3. The van der Waals surface area contributed by atoms with Crippen molar-refractivity contribution in [3.8, 4) is 0 Å². The van der Waals surface area contributed by atoms with Gasteiger partial charge in [-0.25, -0.2) is 9.78 Å². The highest BCUT2D eigenvalue weighted by Crippen LogP contribution is 2.36. The first-order valence-electron chi connectivity index (χ1n) is 12.5. The van der Waals surface area contributed by atoms with Crippen LogP contribution in [0.4, 0.5) is 5.82 Å². The Morgan fingerprint density at radius 3 is 2.66 bits per heavy atom. The van der Waals surface area contributed by atoms with Gasteiger partial charge in [-0.1, -0.05) is 31.7 Å². The normalized spacial score (nSPS) is 24.9. The predicted molar refractivity (Wildman–Crippen MR) is 123 cm³/mol. The van der Waals surface area contributed by atoms with Crippen LogP contribution in [-0.2, 0) is 27.2 Å². The first-order valence-corrected chi connectivity index (χ1v) is 12.5. The lowest BCUT2D eigenvalue weighted by Crippen LogP contribution is -2.45. The Morgan fingerprint density at radius 2 is 1.88 bits per heavy atom. The van der Waals surface area contributed by atoms with Crippen molar-refractivity contribution in [3.63, 3.8) is 0 Å². The van der Waals surface area contributed by atoms with Crippen LogP contribution in [0.25, 0.3) is 0 Å². The molecule has 32 heavy (non-hydrogen) atoms. The van der Waals surface area contributed by atoms with Gasteiger partial charge >= 0.3 is 5.97 Å². The van der Waals surface area contributed by atoms with E-state index in [9.17, 15) is 14.7 Å². The number of carbonyl (C=O) groups excluding carboxylic acids is 1. The molecule has 2 bridgehead atoms. The molecule has 3 N–H and O–H groups in total. The first-order chi connectivity index (χ1) is 15.6. The molecule has 0 spiro atoms. The fourth-order valence-corrected chi connectivity index (χ4v) is 5.31. The van der Waals surface area contributed by atoms with Crippen LogP contribution in [0.1, 0.15) is 81.9 Å². The molecular formula is C25H37N3O4. The number of hydrogen-bond acceptors (Lipinski definition) is 5. The van der Waals surface area contributed by atoms with E-state index in [1.807, 2.05) is 0 Å². The Morgan fingerprint density at radius 1 is 1.12 bits per heavy atom. The Kier molecular flexibility index (Phi) is 8.00. The maximum absolute atomic E-state index is 12.6. The number of fused-ring (bicyclic) bond motifs is 3. The van der Waals surface area contributed by atoms with Gasteiger partial charge in [0.05, 0.1) is 12.2 Å². The molecule has 1 aromatic heterocycles. The molecule has 4 heterocycles. The second kappa shape index (κ2) is 11.1. The number of anilines is 1. The van der Waals surface area contributed by atoms with Crippen molar-refractivity contribution in [3.05, 3.63) is 23.4 Å². The van der Waals surface area contributed by atoms with Gasteiger partial charge in [0.1, 0.15) is 11.9 Å². The maximum Gasteiger partial charge on any atom is 0.326 e. The quantitative estimate of drug-likeness (QED) is 0.449. The summed E-state index contributed by atoms with van der Waals surface area (Å²) in [6.07, 6.45) is 12.7. The van der Waals surface area contributed by atoms with Gasteiger partial charge in [0.2, 0.25) is 5.91 Å². The Balaban J connectivity index is 1.10. The summed E-state index contributed by atoms with van der Waals surface area (Å²) >= 11 is 0. The van der Waals surface area contributed by atoms with E-state index in [-0.39, 0.29) is 24.0 Å². The zero-order chi connectivity index (χ0) is 22.3. The van der Waals surface area contributed by atoms with E-state index in [2.05, 4.69) is 22.8 Å². The van der Waals surface area contributed by atoms with E-state index in [4.69, 9.17) is 9.72 Å². The van der Waals surface area contributed by atoms with Crippen molar-refractivity contribution < 1.29 is 19.4 Å². The van der Waals surface area contributed by atoms with E-state index >= 15 is 0 Å². The van der Waals surface area contributed by atoms with Crippen molar-refractivity contribution in [2.24, 2.45) is 5.92 Å². The second-order valence-corrected chi connectivity index (χ2v) is 9.67. The molecule has 0 aromatic carbocycles. The topological polar surface area (TPSA) is 101 Å². The standard InChI is InChI=1S/C25H37N3O4/c29-24(18-15-20-12-13-21(16-18)32-20)28-22(25(30)31)9-5-3-1-2-4-8-19-11-10-17-7-6-14-26-23(17)27-19/h10-11,18,20-22H,1-9,12-16H2,(H,26,27)(H,28,29)(H,30,31)/t18?,20-,21+,22?. The average Bonchev–Trinajstić information content (AvgIpc) is 3.14. The number of aryl methyl sites for hydroxylation is 2. The van der Waals surface area contributed by atoms with E-state index in [0.29, 0.717) is 6.42 Å². The van der Waals surface area contributed by atoms with Gasteiger partial charge in [0.15, 0.2) is 0 Å². The SMILES string of the molecule is O=C(NC(CCCCCCCc1ccc2c(n1)NCCC2)C(=O)O)C1C[C@H]2CC[C@@H](C1)O2. The number of carboxylic acids is 1. The third-order valence-corrected chi connectivity index (χ3v) is 7.15. The minimum Gasteiger partial charge on any atom is -0.480 e. The number of rotatable bonds is 11. The minimum atomic E-state index is -0.930. The molecule has 2 unspecified atom stereocenters. The number of amides is 1. The molecule has 176 valence electrons. The molecule has 3 aliphatic heterocycles. The van der Waals surface area contributed by atoms with Crippen LogP contribution in [-0.4, -0.2) is 46.8 Å². The number of nitrogens with one attached hydrogen (secondary N) is 2. The van der Waals surface area contributed by atoms with Gasteiger partial charge in [0, 0.05) is 18.2 Å². The smallest absolute Gasteiger partial charge is 0.326 e. The van der Waals surface area contributed by atoms with Gasteiger partial charge in [-0.2, -0.15) is 0 Å². The predicted octanol–water partition coefficient (Wildman–Crippen LogP) is 3.85. The zero-order valence-electron chi connectivity index (χ0n) is 19.0. The lowest BCUT2D eigenvalue weighted by molar-refractivity contribution is -0.143. The second-order valence-electron chi connectivity index (χ2n) is 9.67. The molecular weight excluding hydrogens is 406 g/mol. The fourth-order valence-electron chi connectivity index (χ4n) is 5.31. The van der Waals surface area contributed by atoms with Gasteiger partial charge < -0.3 is 20.5 Å². The summed E-state index contributed by atoms with van der Waals surface area (Å²) < 4.78 is 5.79. The summed E-state index contributed by atoms with van der Waals surface area (Å²) in [7, 11) is 0. The van der Waals surface area contributed by atoms with Crippen LogP contribution in [0, 0.1) is 5.92 Å². The fraction of sp³-hybridized carbons (Fsp3) is 0.720. The summed E-state index contributed by atoms with van der Waals surface area (Å²) in [6, 6.07) is 3.57. The molecule has 7 heteroatoms. The molecule has 7 nitrogen and oxygen atoms in total. The Labute approximate surface area is 190 Å². The monoisotopic (exact) mass is 443 g/mol. The zero-order valence-corrected chi connectivity index (χ0v) is 19.0. The maximum atomic E-state index is 12.6. The number of unbranched alkanes of at least 4 members (excludes halogenated alkanes) is 4. The number of aliphatic carboxylic acids is 1. The molecule has 1 aromatic rings. The summed E-state index contributed by atoms with van der Waals surface area (Å²) in [5.74, 6) is -0.0791. The van der Waals surface area contributed by atoms with Crippen molar-refractivity contribution in [2.75, 3.05) is 11.9 Å². The molecule has 0 saturated carbocycles. The summed E-state index contributed by atoms with van der Waals surface area (Å²) in [5.41, 5.74) is 2.47. The van der Waals surface area contributed by atoms with Crippen LogP contribution in [0.3, 0.4) is 0 Å². The van der Waals surface area contributed by atoms with E-state index in [0.717, 1.165) is 88.7 Å². The number of nitrogens with zero attached hydrogens (tertiary/aromatic N) is 1. The number of pyridine rings is 1. The number of carbonyl (C=O) groups is 2. The van der Waals surface area contributed by atoms with Crippen molar-refractivity contribution in [2.45, 2.75) is 102 Å². The molecule has 2 fully saturated rings. The Bertz CT molecular complexity index is 787. The van der Waals surface area contributed by atoms with Crippen LogP contribution in [0.2, 0.25) is 0 Å². The highest BCUT2D eigenvalue weighted by Gasteiger charge is 2.38. The first kappa shape index (κ1) is 23.0. The molecule has 4 atom stereocenters. The average molecular weight is 444 g/mol. The molecule has 4 rings (SSSR count). The number of ether oxygens (including phenoxy) is 1. The van der Waals surface area contributed by atoms with Gasteiger partial charge in [-0.05, 0) is 69.4 Å². The van der Waals surface area contributed by atoms with Crippen LogP contribution < -0.4 is 10.6 Å². The molecule has 1 amide bonds. The van der Waals surface area contributed by atoms with Crippen LogP contribution in [0.15, 0.2) is 12.1 Å². The lowest BCUT2D eigenvalue weighted by Gasteiger charge is -2.28. The van der Waals surface area contributed by atoms with Gasteiger partial charge in [0.25, 0.3) is 0 Å². The lowest BCUT2D eigenvalue weighted by atomic mass is 9.94. The largest absolute Gasteiger partial charge is 0.480 e. The number of aromatic nitrogens is 1. The molecule has 3 aliphatic rings. The van der Waals surface area contributed by atoms with Crippen LogP contribution >= 0.6 is 0 Å². The van der Waals surface area contributed by atoms with Crippen LogP contribution in [0.5, 0.6) is 0 Å². The van der Waals surface area contributed by atoms with E-state index < -0.39 is 12.0 Å². The van der Waals surface area contributed by atoms with Gasteiger partial charge in [-0.15, -0.1) is 0 Å². The minimum absolute atomic E-state index is 0.101. The molecule has 0 aliphatic carbocycles. The third kappa shape index (κ3) is 6.21. The highest BCUT2D eigenvalue weighted by atomic mass is 16.5. The Hall–Kier alpha value is -2.15. The van der Waals surface area contributed by atoms with Crippen molar-refractivity contribution >= 4 is 17.7 Å². The molecule has 0 radical (unpaired) electrons. The number of carboxylic acid groups (broad SMARTS) is 1.